The first-order valence-corrected chi connectivity index (χ1v) is 11.3. The van der Waals surface area contributed by atoms with E-state index in [0.717, 1.165) is 16.7 Å². The zero-order chi connectivity index (χ0) is 25.3. The van der Waals surface area contributed by atoms with Crippen molar-refractivity contribution in [3.05, 3.63) is 58.1 Å². The van der Waals surface area contributed by atoms with Crippen molar-refractivity contribution in [2.75, 3.05) is 18.5 Å². The zero-order valence-electron chi connectivity index (χ0n) is 20.2. The van der Waals surface area contributed by atoms with Crippen molar-refractivity contribution < 1.29 is 23.9 Å². The number of carbonyl (C=O) groups is 3. The molecular weight excluding hydrogens is 458 g/mol. The molecule has 0 heterocycles. The molecule has 9 heteroatoms. The summed E-state index contributed by atoms with van der Waals surface area (Å²) in [7, 11) is 0. The Bertz CT molecular complexity index is 1010. The number of hydrogen-bond acceptors (Lipinski definition) is 5. The van der Waals surface area contributed by atoms with E-state index >= 15 is 0 Å². The van der Waals surface area contributed by atoms with Crippen LogP contribution in [0.25, 0.3) is 0 Å². The number of rotatable bonds is 9. The normalized spacial score (nSPS) is 10.9. The van der Waals surface area contributed by atoms with Gasteiger partial charge in [0.2, 0.25) is 5.91 Å². The van der Waals surface area contributed by atoms with Crippen LogP contribution in [0.2, 0.25) is 5.02 Å². The molecule has 2 aromatic rings. The first-order valence-electron chi connectivity index (χ1n) is 11.0. The van der Waals surface area contributed by atoms with E-state index in [-0.39, 0.29) is 37.9 Å². The maximum absolute atomic E-state index is 12.4. The number of aryl methyl sites for hydroxylation is 2. The summed E-state index contributed by atoms with van der Waals surface area (Å²) in [5.74, 6) is -0.00492. The third-order valence-electron chi connectivity index (χ3n) is 4.57. The van der Waals surface area contributed by atoms with E-state index in [1.54, 1.807) is 45.0 Å². The number of para-hydroxylation sites is 1. The van der Waals surface area contributed by atoms with E-state index in [1.807, 2.05) is 26.0 Å². The summed E-state index contributed by atoms with van der Waals surface area (Å²) in [6, 6.07) is 10.7. The van der Waals surface area contributed by atoms with E-state index in [0.29, 0.717) is 16.5 Å². The Balaban J connectivity index is 1.82. The highest BCUT2D eigenvalue weighted by Crippen LogP contribution is 2.26. The van der Waals surface area contributed by atoms with Gasteiger partial charge in [-0.25, -0.2) is 4.79 Å². The van der Waals surface area contributed by atoms with Gasteiger partial charge in [-0.3, -0.25) is 9.59 Å². The van der Waals surface area contributed by atoms with Gasteiger partial charge >= 0.3 is 6.09 Å². The third-order valence-corrected chi connectivity index (χ3v) is 5.16. The fraction of sp³-hybridized carbons (Fsp3) is 0.400. The number of hydrogen-bond donors (Lipinski definition) is 3. The maximum atomic E-state index is 12.4. The molecule has 0 saturated heterocycles. The SMILES string of the molecule is Cc1cc(OCC(=O)Nc2ccccc2CNC(=O)CCNC(=O)OC(C)(C)C)cc(C)c1Cl. The van der Waals surface area contributed by atoms with Crippen LogP contribution in [0, 0.1) is 13.8 Å². The summed E-state index contributed by atoms with van der Waals surface area (Å²) in [4.78, 5) is 36.2. The number of ether oxygens (including phenoxy) is 2. The molecular formula is C25H32ClN3O5. The molecule has 0 spiro atoms. The van der Waals surface area contributed by atoms with Crippen molar-refractivity contribution in [2.24, 2.45) is 0 Å². The van der Waals surface area contributed by atoms with Gasteiger partial charge in [-0.2, -0.15) is 0 Å². The number of anilines is 1. The molecule has 34 heavy (non-hydrogen) atoms. The van der Waals surface area contributed by atoms with Crippen molar-refractivity contribution in [3.8, 4) is 5.75 Å². The average Bonchev–Trinajstić information content (AvgIpc) is 2.74. The lowest BCUT2D eigenvalue weighted by atomic mass is 10.1. The second kappa shape index (κ2) is 12.3. The van der Waals surface area contributed by atoms with Gasteiger partial charge in [0.25, 0.3) is 5.91 Å². The highest BCUT2D eigenvalue weighted by Gasteiger charge is 2.16. The molecule has 0 aliphatic carbocycles. The minimum absolute atomic E-state index is 0.0987. The molecule has 8 nitrogen and oxygen atoms in total. The molecule has 2 aromatic carbocycles. The van der Waals surface area contributed by atoms with Gasteiger partial charge in [0.15, 0.2) is 6.61 Å². The van der Waals surface area contributed by atoms with Crippen LogP contribution in [-0.2, 0) is 20.9 Å². The molecule has 0 fully saturated rings. The second-order valence-corrected chi connectivity index (χ2v) is 9.20. The lowest BCUT2D eigenvalue weighted by Gasteiger charge is -2.19. The number of halogens is 1. The first kappa shape index (κ1) is 27.0. The van der Waals surface area contributed by atoms with Crippen LogP contribution in [0.3, 0.4) is 0 Å². The third kappa shape index (κ3) is 9.31. The van der Waals surface area contributed by atoms with Crippen molar-refractivity contribution in [2.45, 2.75) is 53.2 Å². The van der Waals surface area contributed by atoms with Gasteiger partial charge in [0.1, 0.15) is 11.4 Å². The Morgan fingerprint density at radius 3 is 2.26 bits per heavy atom. The molecule has 0 atom stereocenters. The van der Waals surface area contributed by atoms with Crippen LogP contribution in [-0.4, -0.2) is 36.7 Å². The van der Waals surface area contributed by atoms with Crippen LogP contribution in [0.4, 0.5) is 10.5 Å². The molecule has 184 valence electrons. The predicted molar refractivity (Wildman–Crippen MR) is 132 cm³/mol. The highest BCUT2D eigenvalue weighted by atomic mass is 35.5. The molecule has 0 unspecified atom stereocenters. The molecule has 0 aromatic heterocycles. The summed E-state index contributed by atoms with van der Waals surface area (Å²) in [6.07, 6.45) is -0.471. The zero-order valence-corrected chi connectivity index (χ0v) is 21.0. The van der Waals surface area contributed by atoms with Gasteiger partial charge < -0.3 is 25.4 Å². The van der Waals surface area contributed by atoms with Crippen molar-refractivity contribution in [3.63, 3.8) is 0 Å². The van der Waals surface area contributed by atoms with E-state index in [4.69, 9.17) is 21.1 Å². The van der Waals surface area contributed by atoms with Crippen molar-refractivity contribution in [1.82, 2.24) is 10.6 Å². The van der Waals surface area contributed by atoms with E-state index in [2.05, 4.69) is 16.0 Å². The van der Waals surface area contributed by atoms with Crippen LogP contribution in [0.15, 0.2) is 36.4 Å². The number of benzene rings is 2. The highest BCUT2D eigenvalue weighted by molar-refractivity contribution is 6.32. The molecule has 0 radical (unpaired) electrons. The summed E-state index contributed by atoms with van der Waals surface area (Å²) in [5.41, 5.74) is 2.46. The van der Waals surface area contributed by atoms with E-state index in [1.165, 1.54) is 0 Å². The van der Waals surface area contributed by atoms with Gasteiger partial charge in [-0.15, -0.1) is 0 Å². The molecule has 2 rings (SSSR count). The molecule has 0 bridgehead atoms. The minimum atomic E-state index is -0.599. The lowest BCUT2D eigenvalue weighted by Crippen LogP contribution is -2.35. The average molecular weight is 490 g/mol. The quantitative estimate of drug-likeness (QED) is 0.480. The molecule has 0 aliphatic rings. The number of nitrogens with one attached hydrogen (secondary N) is 3. The largest absolute Gasteiger partial charge is 0.484 e. The van der Waals surface area contributed by atoms with Crippen LogP contribution in [0.5, 0.6) is 5.75 Å². The first-order chi connectivity index (χ1) is 15.9. The van der Waals surface area contributed by atoms with Crippen molar-refractivity contribution >= 4 is 35.2 Å². The van der Waals surface area contributed by atoms with Crippen LogP contribution in [0.1, 0.15) is 43.9 Å². The number of alkyl carbamates (subject to hydrolysis) is 1. The Kier molecular flexibility index (Phi) is 9.74. The van der Waals surface area contributed by atoms with E-state index < -0.39 is 11.7 Å². The minimum Gasteiger partial charge on any atom is -0.484 e. The second-order valence-electron chi connectivity index (χ2n) is 8.82. The van der Waals surface area contributed by atoms with Crippen molar-refractivity contribution in [1.29, 1.82) is 0 Å². The fourth-order valence-corrected chi connectivity index (χ4v) is 3.10. The molecule has 0 aliphatic heterocycles. The Morgan fingerprint density at radius 1 is 0.971 bits per heavy atom. The van der Waals surface area contributed by atoms with Gasteiger partial charge in [0, 0.05) is 30.2 Å². The maximum Gasteiger partial charge on any atom is 0.407 e. The molecule has 3 amide bonds. The van der Waals surface area contributed by atoms with E-state index in [9.17, 15) is 14.4 Å². The summed E-state index contributed by atoms with van der Waals surface area (Å²) < 4.78 is 10.7. The Labute approximate surface area is 205 Å². The summed E-state index contributed by atoms with van der Waals surface area (Å²) in [5, 5.41) is 8.81. The summed E-state index contributed by atoms with van der Waals surface area (Å²) >= 11 is 6.17. The number of amides is 3. The van der Waals surface area contributed by atoms with Gasteiger partial charge in [-0.05, 0) is 69.5 Å². The molecule has 0 saturated carbocycles. The smallest absolute Gasteiger partial charge is 0.407 e. The van der Waals surface area contributed by atoms with Gasteiger partial charge in [0.05, 0.1) is 0 Å². The lowest BCUT2D eigenvalue weighted by molar-refractivity contribution is -0.121. The van der Waals surface area contributed by atoms with Crippen LogP contribution >= 0.6 is 11.6 Å². The van der Waals surface area contributed by atoms with Crippen LogP contribution < -0.4 is 20.7 Å². The predicted octanol–water partition coefficient (Wildman–Crippen LogP) is 4.51. The standard InChI is InChI=1S/C25H32ClN3O5/c1-16-12-19(13-17(2)23(16)26)33-15-22(31)29-20-9-7-6-8-18(20)14-28-21(30)10-11-27-24(32)34-25(3,4)5/h6-9,12-13H,10-11,14-15H2,1-5H3,(H,27,32)(H,28,30)(H,29,31). The summed E-state index contributed by atoms with van der Waals surface area (Å²) in [6.45, 7) is 9.25. The molecule has 3 N–H and O–H groups in total. The van der Waals surface area contributed by atoms with Gasteiger partial charge in [-0.1, -0.05) is 29.8 Å². The monoisotopic (exact) mass is 489 g/mol. The fourth-order valence-electron chi connectivity index (χ4n) is 3.00. The Hall–Kier alpha value is -3.26. The Morgan fingerprint density at radius 2 is 1.62 bits per heavy atom. The number of carbonyl (C=O) groups excluding carboxylic acids is 3. The topological polar surface area (TPSA) is 106 Å².